The molecule has 9 heteroatoms. The van der Waals surface area contributed by atoms with E-state index in [0.29, 0.717) is 30.4 Å². The molecule has 1 aliphatic heterocycles. The molecule has 138 valence electrons. The van der Waals surface area contributed by atoms with Gasteiger partial charge in [-0.05, 0) is 30.3 Å². The van der Waals surface area contributed by atoms with E-state index in [1.54, 1.807) is 18.2 Å². The second-order valence-electron chi connectivity index (χ2n) is 5.30. The zero-order valence-corrected chi connectivity index (χ0v) is 13.2. The van der Waals surface area contributed by atoms with Gasteiger partial charge in [-0.2, -0.15) is 17.6 Å². The van der Waals surface area contributed by atoms with Gasteiger partial charge >= 0.3 is 12.5 Å². The Balaban J connectivity index is 1.73. The third-order valence-electron chi connectivity index (χ3n) is 3.40. The molecule has 1 heterocycles. The first kappa shape index (κ1) is 17.8. The molecule has 2 aromatic rings. The van der Waals surface area contributed by atoms with Gasteiger partial charge in [0.15, 0.2) is 11.5 Å². The first-order valence-electron chi connectivity index (χ1n) is 7.51. The molecule has 0 saturated carbocycles. The summed E-state index contributed by atoms with van der Waals surface area (Å²) in [5.41, 5.74) is 0.353. The lowest BCUT2D eigenvalue weighted by Gasteiger charge is -2.19. The van der Waals surface area contributed by atoms with Gasteiger partial charge in [-0.1, -0.05) is 6.07 Å². The van der Waals surface area contributed by atoms with Crippen molar-refractivity contribution in [1.29, 1.82) is 0 Å². The minimum absolute atomic E-state index is 0.0394. The van der Waals surface area contributed by atoms with Crippen LogP contribution < -0.4 is 19.5 Å². The highest BCUT2D eigenvalue weighted by molar-refractivity contribution is 6.04. The van der Waals surface area contributed by atoms with Crippen LogP contribution in [0, 0.1) is 0 Å². The van der Waals surface area contributed by atoms with E-state index in [-0.39, 0.29) is 5.56 Å². The third-order valence-corrected chi connectivity index (χ3v) is 3.40. The van der Waals surface area contributed by atoms with Gasteiger partial charge in [-0.15, -0.1) is 0 Å². The van der Waals surface area contributed by atoms with Crippen molar-refractivity contribution in [3.05, 3.63) is 48.0 Å². The maximum Gasteiger partial charge on any atom is 0.461 e. The summed E-state index contributed by atoms with van der Waals surface area (Å²) < 4.78 is 65.1. The van der Waals surface area contributed by atoms with Crippen molar-refractivity contribution in [1.82, 2.24) is 0 Å². The number of amides is 1. The van der Waals surface area contributed by atoms with Crippen LogP contribution in [-0.2, 0) is 0 Å². The molecular formula is C17H13F4NO4. The number of fused-ring (bicyclic) bond motifs is 1. The predicted molar refractivity (Wildman–Crippen MR) is 83.4 cm³/mol. The van der Waals surface area contributed by atoms with Crippen molar-refractivity contribution < 1.29 is 36.6 Å². The van der Waals surface area contributed by atoms with Gasteiger partial charge in [-0.3, -0.25) is 4.79 Å². The van der Waals surface area contributed by atoms with Crippen LogP contribution in [0.2, 0.25) is 0 Å². The predicted octanol–water partition coefficient (Wildman–Crippen LogP) is 3.95. The van der Waals surface area contributed by atoms with Crippen LogP contribution in [0.15, 0.2) is 42.5 Å². The van der Waals surface area contributed by atoms with Crippen molar-refractivity contribution in [3.8, 4) is 17.2 Å². The van der Waals surface area contributed by atoms with Crippen LogP contribution in [0.5, 0.6) is 17.2 Å². The SMILES string of the molecule is O=C(Nc1ccc2c(c1)OCCO2)c1cccc(OC(F)(F)C(F)F)c1. The van der Waals surface area contributed by atoms with E-state index in [1.165, 1.54) is 12.1 Å². The van der Waals surface area contributed by atoms with E-state index in [1.807, 2.05) is 0 Å². The van der Waals surface area contributed by atoms with E-state index in [0.717, 1.165) is 12.1 Å². The van der Waals surface area contributed by atoms with Gasteiger partial charge in [0.05, 0.1) is 0 Å². The maximum atomic E-state index is 13.0. The van der Waals surface area contributed by atoms with Crippen molar-refractivity contribution in [3.63, 3.8) is 0 Å². The number of nitrogens with one attached hydrogen (secondary N) is 1. The van der Waals surface area contributed by atoms with Crippen LogP contribution in [0.3, 0.4) is 0 Å². The third kappa shape index (κ3) is 3.98. The zero-order valence-electron chi connectivity index (χ0n) is 13.2. The van der Waals surface area contributed by atoms with Gasteiger partial charge in [0.2, 0.25) is 0 Å². The molecule has 5 nitrogen and oxygen atoms in total. The first-order chi connectivity index (χ1) is 12.3. The fourth-order valence-corrected chi connectivity index (χ4v) is 2.23. The Bertz CT molecular complexity index is 813. The quantitative estimate of drug-likeness (QED) is 0.809. The van der Waals surface area contributed by atoms with Crippen molar-refractivity contribution in [2.75, 3.05) is 18.5 Å². The van der Waals surface area contributed by atoms with Crippen LogP contribution >= 0.6 is 0 Å². The van der Waals surface area contributed by atoms with Crippen molar-refractivity contribution >= 4 is 11.6 Å². The van der Waals surface area contributed by atoms with Crippen LogP contribution in [0.4, 0.5) is 23.2 Å². The van der Waals surface area contributed by atoms with Gasteiger partial charge < -0.3 is 19.5 Å². The van der Waals surface area contributed by atoms with E-state index in [4.69, 9.17) is 9.47 Å². The van der Waals surface area contributed by atoms with Crippen molar-refractivity contribution in [2.24, 2.45) is 0 Å². The van der Waals surface area contributed by atoms with Gasteiger partial charge in [0, 0.05) is 17.3 Å². The topological polar surface area (TPSA) is 56.8 Å². The number of ether oxygens (including phenoxy) is 3. The first-order valence-corrected chi connectivity index (χ1v) is 7.51. The summed E-state index contributed by atoms with van der Waals surface area (Å²) in [4.78, 5) is 12.3. The highest BCUT2D eigenvalue weighted by atomic mass is 19.3. The number of hydrogen-bond donors (Lipinski definition) is 1. The normalized spacial score (nSPS) is 13.4. The lowest BCUT2D eigenvalue weighted by Crippen LogP contribution is -2.33. The van der Waals surface area contributed by atoms with E-state index in [2.05, 4.69) is 10.1 Å². The molecule has 0 atom stereocenters. The molecule has 0 spiro atoms. The Kier molecular flexibility index (Phi) is 4.88. The Morgan fingerprint density at radius 2 is 1.81 bits per heavy atom. The van der Waals surface area contributed by atoms with E-state index in [9.17, 15) is 22.4 Å². The number of alkyl halides is 4. The molecule has 3 rings (SSSR count). The molecule has 1 aliphatic rings. The lowest BCUT2D eigenvalue weighted by atomic mass is 10.2. The number of benzene rings is 2. The summed E-state index contributed by atoms with van der Waals surface area (Å²) in [7, 11) is 0. The molecule has 1 N–H and O–H groups in total. The molecular weight excluding hydrogens is 358 g/mol. The highest BCUT2D eigenvalue weighted by Gasteiger charge is 2.44. The maximum absolute atomic E-state index is 13.0. The summed E-state index contributed by atoms with van der Waals surface area (Å²) in [5.74, 6) is -0.181. The van der Waals surface area contributed by atoms with Gasteiger partial charge in [-0.25, -0.2) is 0 Å². The molecule has 0 fully saturated rings. The minimum Gasteiger partial charge on any atom is -0.486 e. The summed E-state index contributed by atoms with van der Waals surface area (Å²) in [6.45, 7) is 0.802. The summed E-state index contributed by atoms with van der Waals surface area (Å²) in [6.07, 6.45) is -8.64. The molecule has 0 unspecified atom stereocenters. The second kappa shape index (κ2) is 7.11. The standard InChI is InChI=1S/C17H13F4NO4/c18-16(19)17(20,21)26-12-3-1-2-10(8-12)15(23)22-11-4-5-13-14(9-11)25-7-6-24-13/h1-5,8-9,16H,6-7H2,(H,22,23). The monoisotopic (exact) mass is 371 g/mol. The Morgan fingerprint density at radius 1 is 1.08 bits per heavy atom. The number of carbonyl (C=O) groups is 1. The smallest absolute Gasteiger partial charge is 0.461 e. The number of hydrogen-bond acceptors (Lipinski definition) is 4. The fraction of sp³-hybridized carbons (Fsp3) is 0.235. The summed E-state index contributed by atoms with van der Waals surface area (Å²) >= 11 is 0. The van der Waals surface area contributed by atoms with E-state index >= 15 is 0 Å². The number of rotatable bonds is 5. The molecule has 2 aromatic carbocycles. The summed E-state index contributed by atoms with van der Waals surface area (Å²) in [5, 5.41) is 2.56. The number of carbonyl (C=O) groups excluding carboxylic acids is 1. The Labute approximate surface area is 145 Å². The van der Waals surface area contributed by atoms with Crippen LogP contribution in [-0.4, -0.2) is 31.7 Å². The molecule has 1 amide bonds. The fourth-order valence-electron chi connectivity index (χ4n) is 2.23. The Morgan fingerprint density at radius 3 is 2.54 bits per heavy atom. The number of anilines is 1. The molecule has 0 saturated heterocycles. The minimum atomic E-state index is -4.65. The van der Waals surface area contributed by atoms with Crippen molar-refractivity contribution in [2.45, 2.75) is 12.5 Å². The number of halogens is 4. The average Bonchev–Trinajstić information content (AvgIpc) is 2.61. The average molecular weight is 371 g/mol. The summed E-state index contributed by atoms with van der Waals surface area (Å²) in [6, 6.07) is 9.33. The zero-order chi connectivity index (χ0) is 18.7. The van der Waals surface area contributed by atoms with Gasteiger partial charge in [0.25, 0.3) is 5.91 Å². The van der Waals surface area contributed by atoms with E-state index < -0.39 is 24.2 Å². The van der Waals surface area contributed by atoms with Crippen LogP contribution in [0.1, 0.15) is 10.4 Å². The lowest BCUT2D eigenvalue weighted by molar-refractivity contribution is -0.253. The molecule has 0 aliphatic carbocycles. The molecule has 0 aromatic heterocycles. The molecule has 0 radical (unpaired) electrons. The van der Waals surface area contributed by atoms with Crippen LogP contribution in [0.25, 0.3) is 0 Å². The second-order valence-corrected chi connectivity index (χ2v) is 5.30. The molecule has 26 heavy (non-hydrogen) atoms. The Hall–Kier alpha value is -2.97. The largest absolute Gasteiger partial charge is 0.486 e. The van der Waals surface area contributed by atoms with Gasteiger partial charge in [0.1, 0.15) is 19.0 Å². The molecule has 0 bridgehead atoms. The highest BCUT2D eigenvalue weighted by Crippen LogP contribution is 2.33.